The number of benzene rings is 3. The molecule has 2 aliphatic rings. The van der Waals surface area contributed by atoms with Crippen LogP contribution >= 0.6 is 11.8 Å². The summed E-state index contributed by atoms with van der Waals surface area (Å²) < 4.78 is 12.6. The molecule has 5 nitrogen and oxygen atoms in total. The summed E-state index contributed by atoms with van der Waals surface area (Å²) in [6.07, 6.45) is 2.28. The van der Waals surface area contributed by atoms with Crippen LogP contribution in [-0.4, -0.2) is 40.3 Å². The molecule has 3 aromatic carbocycles. The highest BCUT2D eigenvalue weighted by molar-refractivity contribution is 7.99. The van der Waals surface area contributed by atoms with Gasteiger partial charge in [-0.2, -0.15) is 0 Å². The fourth-order valence-corrected chi connectivity index (χ4v) is 6.26. The number of hydrogen-bond acceptors (Lipinski definition) is 6. The van der Waals surface area contributed by atoms with Crippen molar-refractivity contribution in [1.82, 2.24) is 4.90 Å². The van der Waals surface area contributed by atoms with Crippen molar-refractivity contribution >= 4 is 11.8 Å². The van der Waals surface area contributed by atoms with Crippen molar-refractivity contribution in [2.24, 2.45) is 0 Å². The lowest BCUT2D eigenvalue weighted by atomic mass is 10.00. The average molecular weight is 478 g/mol. The number of aromatic hydroxyl groups is 2. The van der Waals surface area contributed by atoms with Crippen molar-refractivity contribution in [2.45, 2.75) is 55.0 Å². The first kappa shape index (κ1) is 22.9. The Morgan fingerprint density at radius 3 is 2.56 bits per heavy atom. The molecule has 0 bridgehead atoms. The van der Waals surface area contributed by atoms with Gasteiger partial charge in [-0.1, -0.05) is 24.3 Å². The standard InChI is InChI=1S/C28H31NO4S/c1-18-5-4-14-29(18)19(2)17-32-24-11-8-20(9-12-24)27-28(21-6-3-7-22(30)15-21)34-26-16-23(31)10-13-25(26)33-27/h3,6-13,15-16,18-19,27-28,30-31H,4-5,14,17H2,1-2H3/t18-,19+,27+,28-/m1/s1. The maximum Gasteiger partial charge on any atom is 0.140 e. The lowest BCUT2D eigenvalue weighted by Gasteiger charge is -2.34. The molecule has 0 amide bonds. The Bertz CT molecular complexity index is 1140. The molecule has 34 heavy (non-hydrogen) atoms. The molecule has 0 unspecified atom stereocenters. The second-order valence-electron chi connectivity index (χ2n) is 9.26. The summed E-state index contributed by atoms with van der Waals surface area (Å²) >= 11 is 1.64. The van der Waals surface area contributed by atoms with Crippen LogP contribution in [0, 0.1) is 0 Å². The van der Waals surface area contributed by atoms with E-state index in [1.807, 2.05) is 30.3 Å². The van der Waals surface area contributed by atoms with E-state index < -0.39 is 0 Å². The van der Waals surface area contributed by atoms with Crippen molar-refractivity contribution in [3.8, 4) is 23.0 Å². The van der Waals surface area contributed by atoms with Crippen LogP contribution in [0.5, 0.6) is 23.0 Å². The number of likely N-dealkylation sites (tertiary alicyclic amines) is 1. The Labute approximate surface area is 205 Å². The van der Waals surface area contributed by atoms with E-state index in [1.165, 1.54) is 12.8 Å². The summed E-state index contributed by atoms with van der Waals surface area (Å²) in [6.45, 7) is 6.35. The molecule has 0 saturated carbocycles. The van der Waals surface area contributed by atoms with Gasteiger partial charge in [0.25, 0.3) is 0 Å². The number of ether oxygens (including phenoxy) is 2. The third-order valence-corrected chi connectivity index (χ3v) is 8.13. The Morgan fingerprint density at radius 1 is 1.03 bits per heavy atom. The largest absolute Gasteiger partial charge is 0.508 e. The zero-order chi connectivity index (χ0) is 23.7. The van der Waals surface area contributed by atoms with Crippen LogP contribution in [0.1, 0.15) is 49.2 Å². The molecule has 0 aromatic heterocycles. The topological polar surface area (TPSA) is 62.2 Å². The first-order chi connectivity index (χ1) is 16.5. The molecule has 2 heterocycles. The quantitative estimate of drug-likeness (QED) is 0.433. The van der Waals surface area contributed by atoms with Gasteiger partial charge in [-0.25, -0.2) is 0 Å². The molecule has 2 N–H and O–H groups in total. The first-order valence-corrected chi connectivity index (χ1v) is 12.8. The Kier molecular flexibility index (Phi) is 6.61. The van der Waals surface area contributed by atoms with Crippen LogP contribution in [0.15, 0.2) is 71.6 Å². The van der Waals surface area contributed by atoms with Gasteiger partial charge in [-0.15, -0.1) is 11.8 Å². The van der Waals surface area contributed by atoms with Gasteiger partial charge in [0.2, 0.25) is 0 Å². The molecule has 3 aromatic rings. The summed E-state index contributed by atoms with van der Waals surface area (Å²) in [5, 5.41) is 19.9. The third kappa shape index (κ3) is 4.84. The monoisotopic (exact) mass is 477 g/mol. The van der Waals surface area contributed by atoms with Gasteiger partial charge in [0, 0.05) is 12.1 Å². The number of hydrogen-bond donors (Lipinski definition) is 2. The molecule has 5 rings (SSSR count). The Balaban J connectivity index is 1.35. The van der Waals surface area contributed by atoms with Gasteiger partial charge in [0.1, 0.15) is 35.7 Å². The summed E-state index contributed by atoms with van der Waals surface area (Å²) in [5.41, 5.74) is 2.01. The fourth-order valence-electron chi connectivity index (χ4n) is 4.95. The van der Waals surface area contributed by atoms with Crippen molar-refractivity contribution < 1.29 is 19.7 Å². The lowest BCUT2D eigenvalue weighted by Crippen LogP contribution is -2.39. The predicted octanol–water partition coefficient (Wildman–Crippen LogP) is 6.32. The van der Waals surface area contributed by atoms with Gasteiger partial charge in [0.05, 0.1) is 10.1 Å². The fraction of sp³-hybridized carbons (Fsp3) is 0.357. The molecule has 0 radical (unpaired) electrons. The molecule has 0 spiro atoms. The highest BCUT2D eigenvalue weighted by atomic mass is 32.2. The van der Waals surface area contributed by atoms with Crippen LogP contribution in [-0.2, 0) is 0 Å². The van der Waals surface area contributed by atoms with Crippen LogP contribution in [0.2, 0.25) is 0 Å². The normalized spacial score (nSPS) is 23.2. The van der Waals surface area contributed by atoms with Gasteiger partial charge in [-0.05, 0) is 86.8 Å². The first-order valence-electron chi connectivity index (χ1n) is 11.9. The van der Waals surface area contributed by atoms with Crippen molar-refractivity contribution in [3.63, 3.8) is 0 Å². The second-order valence-corrected chi connectivity index (χ2v) is 10.4. The number of phenols is 2. The van der Waals surface area contributed by atoms with Crippen molar-refractivity contribution in [3.05, 3.63) is 77.9 Å². The van der Waals surface area contributed by atoms with Crippen LogP contribution in [0.25, 0.3) is 0 Å². The molecule has 1 saturated heterocycles. The highest BCUT2D eigenvalue weighted by Gasteiger charge is 2.34. The number of rotatable bonds is 6. The summed E-state index contributed by atoms with van der Waals surface area (Å²) in [4.78, 5) is 3.41. The SMILES string of the molecule is C[C@@H]1CCCN1[C@@H](C)COc1ccc([C@@H]2Oc3ccc(O)cc3S[C@@H]2c2cccc(O)c2)cc1. The zero-order valence-electron chi connectivity index (χ0n) is 19.6. The van der Waals surface area contributed by atoms with Crippen molar-refractivity contribution in [2.75, 3.05) is 13.2 Å². The third-order valence-electron chi connectivity index (χ3n) is 6.78. The number of fused-ring (bicyclic) bond motifs is 1. The lowest BCUT2D eigenvalue weighted by molar-refractivity contribution is 0.141. The molecular formula is C28H31NO4S. The van der Waals surface area contributed by atoms with Gasteiger partial charge in [-0.3, -0.25) is 4.90 Å². The minimum atomic E-state index is -0.248. The minimum Gasteiger partial charge on any atom is -0.508 e. The Morgan fingerprint density at radius 2 is 1.82 bits per heavy atom. The molecule has 6 heteroatoms. The molecular weight excluding hydrogens is 446 g/mol. The van der Waals surface area contributed by atoms with E-state index in [1.54, 1.807) is 36.0 Å². The maximum atomic E-state index is 10.1. The number of phenolic OH excluding ortho intramolecular Hbond substituents is 2. The molecule has 4 atom stereocenters. The smallest absolute Gasteiger partial charge is 0.140 e. The van der Waals surface area contributed by atoms with Crippen molar-refractivity contribution in [1.29, 1.82) is 0 Å². The molecule has 2 aliphatic heterocycles. The minimum absolute atomic E-state index is 0.0788. The molecule has 178 valence electrons. The van der Waals surface area contributed by atoms with Crippen LogP contribution in [0.3, 0.4) is 0 Å². The van der Waals surface area contributed by atoms with E-state index in [9.17, 15) is 10.2 Å². The van der Waals surface area contributed by atoms with Gasteiger partial charge >= 0.3 is 0 Å². The summed E-state index contributed by atoms with van der Waals surface area (Å²) in [7, 11) is 0. The summed E-state index contributed by atoms with van der Waals surface area (Å²) in [5.74, 6) is 2.04. The van der Waals surface area contributed by atoms with Gasteiger partial charge in [0.15, 0.2) is 0 Å². The van der Waals surface area contributed by atoms with E-state index in [0.29, 0.717) is 18.7 Å². The molecule has 0 aliphatic carbocycles. The summed E-state index contributed by atoms with van der Waals surface area (Å²) in [6, 6.07) is 21.6. The van der Waals surface area contributed by atoms with E-state index in [0.717, 1.165) is 34.1 Å². The van der Waals surface area contributed by atoms with E-state index in [2.05, 4.69) is 30.9 Å². The number of thioether (sulfide) groups is 1. The van der Waals surface area contributed by atoms with Gasteiger partial charge < -0.3 is 19.7 Å². The average Bonchev–Trinajstić information content (AvgIpc) is 3.28. The second kappa shape index (κ2) is 9.80. The maximum absolute atomic E-state index is 10.1. The zero-order valence-corrected chi connectivity index (χ0v) is 20.4. The predicted molar refractivity (Wildman–Crippen MR) is 135 cm³/mol. The number of nitrogens with zero attached hydrogens (tertiary/aromatic N) is 1. The Hall–Kier alpha value is -2.83. The molecule has 1 fully saturated rings. The van der Waals surface area contributed by atoms with E-state index >= 15 is 0 Å². The van der Waals surface area contributed by atoms with Crippen LogP contribution < -0.4 is 9.47 Å². The van der Waals surface area contributed by atoms with E-state index in [-0.39, 0.29) is 22.9 Å². The van der Waals surface area contributed by atoms with Crippen LogP contribution in [0.4, 0.5) is 0 Å². The highest BCUT2D eigenvalue weighted by Crippen LogP contribution is 2.54. The van der Waals surface area contributed by atoms with E-state index in [4.69, 9.17) is 9.47 Å².